The van der Waals surface area contributed by atoms with E-state index in [-0.39, 0.29) is 57.1 Å². The average Bonchev–Trinajstić information content (AvgIpc) is 3.16. The third-order valence-electron chi connectivity index (χ3n) is 6.51. The van der Waals surface area contributed by atoms with Crippen LogP contribution in [-0.2, 0) is 14.3 Å². The number of rotatable bonds is 4. The van der Waals surface area contributed by atoms with Gasteiger partial charge in [-0.15, -0.1) is 0 Å². The molecule has 2 aliphatic carbocycles. The number of hydrogen-bond donors (Lipinski definition) is 0. The number of Topliss-reactive ketones (excluding diaryl/α,β-unsaturated/α-hetero) is 1. The predicted octanol–water partition coefficient (Wildman–Crippen LogP) is 2.49. The van der Waals surface area contributed by atoms with Crippen LogP contribution in [0.1, 0.15) is 77.0 Å². The molecule has 33 heavy (non-hydrogen) atoms. The maximum absolute atomic E-state index is 11.0. The largest absolute Gasteiger partial charge is 0.458 e. The van der Waals surface area contributed by atoms with Crippen LogP contribution < -0.4 is 0 Å². The molecule has 1 spiro atoms. The maximum Gasteiger partial charge on any atom is 0.458 e. The van der Waals surface area contributed by atoms with Crippen molar-refractivity contribution in [3.8, 4) is 0 Å². The molecule has 1 aliphatic heterocycles. The van der Waals surface area contributed by atoms with Gasteiger partial charge >= 0.3 is 11.3 Å². The minimum atomic E-state index is -2.07. The van der Waals surface area contributed by atoms with E-state index >= 15 is 0 Å². The number of ketones is 1. The molecule has 3 rings (SSSR count). The Kier molecular flexibility index (Phi) is 8.71. The van der Waals surface area contributed by atoms with Gasteiger partial charge in [-0.1, -0.05) is 0 Å². The zero-order valence-corrected chi connectivity index (χ0v) is 18.2. The zero-order valence-electron chi connectivity index (χ0n) is 18.2. The summed E-state index contributed by atoms with van der Waals surface area (Å²) in [5, 5.41) is 43.5. The van der Waals surface area contributed by atoms with Crippen LogP contribution in [0.15, 0.2) is 0 Å². The Morgan fingerprint density at radius 3 is 1.24 bits per heavy atom. The zero-order chi connectivity index (χ0) is 24.7. The topological polar surface area (TPSA) is 208 Å². The molecule has 15 nitrogen and oxygen atoms in total. The van der Waals surface area contributed by atoms with E-state index in [1.165, 1.54) is 0 Å². The number of nitro groups is 4. The predicted molar refractivity (Wildman–Crippen MR) is 108 cm³/mol. The maximum atomic E-state index is 11.0. The molecule has 0 aromatic heterocycles. The van der Waals surface area contributed by atoms with E-state index in [0.29, 0.717) is 38.9 Å². The van der Waals surface area contributed by atoms with Crippen LogP contribution in [0.4, 0.5) is 0 Å². The fourth-order valence-electron chi connectivity index (χ4n) is 4.57. The molecule has 3 fully saturated rings. The van der Waals surface area contributed by atoms with Crippen molar-refractivity contribution in [2.45, 2.75) is 94.2 Å². The molecule has 15 heteroatoms. The second kappa shape index (κ2) is 10.9. The van der Waals surface area contributed by atoms with Crippen LogP contribution in [-0.4, -0.2) is 55.8 Å². The first-order valence-electron chi connectivity index (χ1n) is 10.9. The Labute approximate surface area is 188 Å². The van der Waals surface area contributed by atoms with E-state index in [1.54, 1.807) is 0 Å². The summed E-state index contributed by atoms with van der Waals surface area (Å²) in [5.74, 6) is -0.616. The second-order valence-corrected chi connectivity index (χ2v) is 8.55. The van der Waals surface area contributed by atoms with E-state index in [2.05, 4.69) is 0 Å². The van der Waals surface area contributed by atoms with Crippen LogP contribution in [0.2, 0.25) is 0 Å². The number of nitrogens with zero attached hydrogens (tertiary/aromatic N) is 4. The summed E-state index contributed by atoms with van der Waals surface area (Å²) in [7, 11) is 0. The van der Waals surface area contributed by atoms with E-state index < -0.39 is 36.8 Å². The van der Waals surface area contributed by atoms with Gasteiger partial charge in [0.15, 0.2) is 5.79 Å². The quantitative estimate of drug-likeness (QED) is 0.327. The van der Waals surface area contributed by atoms with Gasteiger partial charge in [0.2, 0.25) is 0 Å². The van der Waals surface area contributed by atoms with Crippen molar-refractivity contribution in [1.82, 2.24) is 0 Å². The Morgan fingerprint density at radius 1 is 0.576 bits per heavy atom. The second-order valence-electron chi connectivity index (χ2n) is 8.55. The van der Waals surface area contributed by atoms with Crippen molar-refractivity contribution in [2.75, 3.05) is 13.2 Å². The van der Waals surface area contributed by atoms with Gasteiger partial charge in [0, 0.05) is 25.7 Å². The van der Waals surface area contributed by atoms with Gasteiger partial charge in [0.1, 0.15) is 5.78 Å². The molecule has 0 atom stereocenters. The highest BCUT2D eigenvalue weighted by atomic mass is 16.7. The summed E-state index contributed by atoms with van der Waals surface area (Å²) < 4.78 is 11.1. The van der Waals surface area contributed by atoms with Crippen molar-refractivity contribution in [3.63, 3.8) is 0 Å². The fraction of sp³-hybridized carbons (Fsp3) is 0.944. The molecule has 2 saturated carbocycles. The van der Waals surface area contributed by atoms with E-state index in [0.717, 1.165) is 0 Å². The molecule has 186 valence electrons. The smallest absolute Gasteiger partial charge is 0.348 e. The molecule has 0 amide bonds. The number of carbonyl (C=O) groups is 1. The van der Waals surface area contributed by atoms with E-state index in [4.69, 9.17) is 9.47 Å². The third kappa shape index (κ3) is 5.96. The van der Waals surface area contributed by atoms with Gasteiger partial charge in [0.05, 0.1) is 58.6 Å². The third-order valence-corrected chi connectivity index (χ3v) is 6.51. The molecule has 0 aromatic rings. The van der Waals surface area contributed by atoms with Crippen LogP contribution in [0.25, 0.3) is 0 Å². The van der Waals surface area contributed by atoms with Crippen molar-refractivity contribution in [2.24, 2.45) is 0 Å². The number of carbonyl (C=O) groups excluding carboxylic acids is 1. The minimum absolute atomic E-state index is 0.0373. The molecule has 0 N–H and O–H groups in total. The molecule has 3 aliphatic rings. The number of hydrogen-bond acceptors (Lipinski definition) is 11. The van der Waals surface area contributed by atoms with Gasteiger partial charge in [0.25, 0.3) is 0 Å². The van der Waals surface area contributed by atoms with Crippen molar-refractivity contribution in [3.05, 3.63) is 40.5 Å². The highest BCUT2D eigenvalue weighted by Crippen LogP contribution is 2.38. The van der Waals surface area contributed by atoms with Gasteiger partial charge in [-0.3, -0.25) is 45.3 Å². The summed E-state index contributed by atoms with van der Waals surface area (Å²) in [4.78, 5) is 51.4. The minimum Gasteiger partial charge on any atom is -0.348 e. The summed E-state index contributed by atoms with van der Waals surface area (Å²) in [6, 6.07) is 0. The summed E-state index contributed by atoms with van der Waals surface area (Å²) in [6.07, 6.45) is 2.12. The Morgan fingerprint density at radius 2 is 0.909 bits per heavy atom. The van der Waals surface area contributed by atoms with Crippen LogP contribution in [0.5, 0.6) is 0 Å². The first-order chi connectivity index (χ1) is 15.5. The van der Waals surface area contributed by atoms with Crippen LogP contribution in [0.3, 0.4) is 0 Å². The molecule has 0 bridgehead atoms. The summed E-state index contributed by atoms with van der Waals surface area (Å²) >= 11 is 0. The molecular weight excluding hydrogens is 448 g/mol. The standard InChI is InChI=1S/C10H16N2O6.C8H12N2O5/c13-11(14)9(12(15)16)3-1-5-10(6-2-4-9)17-7-8-18-10;11-7-3-1-5-8(9(12)13,10(14)15)6-2-4-7/h1-8H2;1-6H2. The monoisotopic (exact) mass is 476 g/mol. The average molecular weight is 476 g/mol. The lowest BCUT2D eigenvalue weighted by atomic mass is 9.89. The number of ether oxygens (including phenoxy) is 2. The van der Waals surface area contributed by atoms with Crippen LogP contribution in [0, 0.1) is 40.5 Å². The van der Waals surface area contributed by atoms with E-state index in [9.17, 15) is 45.3 Å². The van der Waals surface area contributed by atoms with Crippen molar-refractivity contribution in [1.29, 1.82) is 0 Å². The SMILES string of the molecule is O=C1CCCC([N+](=O)[O-])([N+](=O)[O-])CCC1.O=[N+]([O-])C1([N+](=O)[O-])CCCC2(CCC1)OCCO2. The Hall–Kier alpha value is -2.81. The normalized spacial score (nSPS) is 24.2. The van der Waals surface area contributed by atoms with E-state index in [1.807, 2.05) is 0 Å². The molecular formula is C18H28N4O11. The van der Waals surface area contributed by atoms with Gasteiger partial charge in [-0.05, 0) is 25.7 Å². The van der Waals surface area contributed by atoms with Gasteiger partial charge < -0.3 is 9.47 Å². The molecule has 1 saturated heterocycles. The lowest BCUT2D eigenvalue weighted by Crippen LogP contribution is -2.48. The first-order valence-corrected chi connectivity index (χ1v) is 10.9. The highest BCUT2D eigenvalue weighted by molar-refractivity contribution is 5.78. The molecule has 0 unspecified atom stereocenters. The van der Waals surface area contributed by atoms with Crippen molar-refractivity contribution >= 4 is 5.78 Å². The first kappa shape index (κ1) is 26.4. The fourth-order valence-corrected chi connectivity index (χ4v) is 4.57. The Bertz CT molecular complexity index is 725. The van der Waals surface area contributed by atoms with Crippen LogP contribution >= 0.6 is 0 Å². The molecule has 0 radical (unpaired) electrons. The van der Waals surface area contributed by atoms with Crippen molar-refractivity contribution < 1.29 is 34.0 Å². The molecule has 1 heterocycles. The summed E-state index contributed by atoms with van der Waals surface area (Å²) in [5.41, 5.74) is -4.10. The molecule has 0 aromatic carbocycles. The lowest BCUT2D eigenvalue weighted by Gasteiger charge is -2.30. The highest BCUT2D eigenvalue weighted by Gasteiger charge is 2.57. The lowest BCUT2D eigenvalue weighted by molar-refractivity contribution is -0.799. The summed E-state index contributed by atoms with van der Waals surface area (Å²) in [6.45, 7) is 1.05. The van der Waals surface area contributed by atoms with Gasteiger partial charge in [-0.2, -0.15) is 0 Å². The van der Waals surface area contributed by atoms with Gasteiger partial charge in [-0.25, -0.2) is 0 Å². The Balaban J connectivity index is 0.000000238.